The van der Waals surface area contributed by atoms with Crippen molar-refractivity contribution in [3.05, 3.63) is 29.6 Å². The summed E-state index contributed by atoms with van der Waals surface area (Å²) >= 11 is 0. The summed E-state index contributed by atoms with van der Waals surface area (Å²) in [7, 11) is 1.41. The standard InChI is InChI=1S/C27H39FN4O3/c1-35-24-14-19(8-10-22(24)28)16-30-26(34)23(13-17-5-3-2-4-6-17)31-27(29)32-25(33)15-21-12-18-7-9-20(21)11-18/h8,10,14,17-18,20-21,23H,2-7,9,11-13,15-16H2,1H3,(H,30,34)(H3,29,31,32,33). The minimum absolute atomic E-state index is 0.0116. The molecule has 1 aromatic rings. The maximum atomic E-state index is 13.7. The molecule has 3 aliphatic rings. The van der Waals surface area contributed by atoms with Crippen LogP contribution in [-0.4, -0.2) is 30.9 Å². The van der Waals surface area contributed by atoms with E-state index in [1.165, 1.54) is 38.9 Å². The fourth-order valence-corrected chi connectivity index (χ4v) is 6.34. The van der Waals surface area contributed by atoms with Crippen LogP contribution in [0.25, 0.3) is 0 Å². The van der Waals surface area contributed by atoms with Gasteiger partial charge in [0.05, 0.1) is 7.11 Å². The van der Waals surface area contributed by atoms with Gasteiger partial charge in [0.1, 0.15) is 6.04 Å². The van der Waals surface area contributed by atoms with E-state index in [4.69, 9.17) is 10.5 Å². The molecule has 4 rings (SSSR count). The van der Waals surface area contributed by atoms with Gasteiger partial charge in [0.25, 0.3) is 0 Å². The van der Waals surface area contributed by atoms with Gasteiger partial charge in [0, 0.05) is 13.0 Å². The van der Waals surface area contributed by atoms with Crippen molar-refractivity contribution in [3.63, 3.8) is 0 Å². The highest BCUT2D eigenvalue weighted by molar-refractivity contribution is 5.97. The van der Waals surface area contributed by atoms with Crippen molar-refractivity contribution in [2.24, 2.45) is 34.4 Å². The summed E-state index contributed by atoms with van der Waals surface area (Å²) in [6.07, 6.45) is 11.7. The summed E-state index contributed by atoms with van der Waals surface area (Å²) in [5.41, 5.74) is 6.84. The van der Waals surface area contributed by atoms with Gasteiger partial charge in [-0.25, -0.2) is 9.38 Å². The second-order valence-electron chi connectivity index (χ2n) is 10.6. The number of hydrogen-bond donors (Lipinski definition) is 3. The Morgan fingerprint density at radius 1 is 1.17 bits per heavy atom. The molecular formula is C27H39FN4O3. The predicted molar refractivity (Wildman–Crippen MR) is 133 cm³/mol. The molecule has 0 saturated heterocycles. The minimum Gasteiger partial charge on any atom is -0.494 e. The lowest BCUT2D eigenvalue weighted by Gasteiger charge is -2.25. The van der Waals surface area contributed by atoms with Crippen LogP contribution in [0.1, 0.15) is 76.2 Å². The van der Waals surface area contributed by atoms with Gasteiger partial charge in [-0.15, -0.1) is 0 Å². The number of amides is 2. The van der Waals surface area contributed by atoms with Gasteiger partial charge in [-0.1, -0.05) is 44.6 Å². The Hall–Kier alpha value is -2.64. The lowest BCUT2D eigenvalue weighted by atomic mass is 9.84. The number of rotatable bonds is 9. The Bertz CT molecular complexity index is 931. The Balaban J connectivity index is 1.36. The van der Waals surface area contributed by atoms with Crippen LogP contribution in [0, 0.1) is 29.5 Å². The molecule has 3 aliphatic carbocycles. The van der Waals surface area contributed by atoms with Crippen LogP contribution in [-0.2, 0) is 16.1 Å². The van der Waals surface area contributed by atoms with Crippen LogP contribution in [0.15, 0.2) is 23.2 Å². The summed E-state index contributed by atoms with van der Waals surface area (Å²) in [6, 6.07) is 3.83. The first kappa shape index (κ1) is 25.5. The average Bonchev–Trinajstić information content (AvgIpc) is 3.47. The molecule has 3 saturated carbocycles. The number of carbonyl (C=O) groups is 2. The fraction of sp³-hybridized carbons (Fsp3) is 0.667. The highest BCUT2D eigenvalue weighted by Crippen LogP contribution is 2.49. The second-order valence-corrected chi connectivity index (χ2v) is 10.6. The van der Waals surface area contributed by atoms with Crippen LogP contribution < -0.4 is 21.1 Å². The zero-order chi connectivity index (χ0) is 24.8. The molecule has 0 spiro atoms. The smallest absolute Gasteiger partial charge is 0.245 e. The van der Waals surface area contributed by atoms with E-state index < -0.39 is 11.9 Å². The van der Waals surface area contributed by atoms with E-state index in [2.05, 4.69) is 15.6 Å². The SMILES string of the molecule is COc1cc(CNC(=O)C(CC2CCCCC2)N=C(N)NC(=O)CC2CC3CCC2C3)ccc1F. The molecular weight excluding hydrogens is 447 g/mol. The number of halogens is 1. The van der Waals surface area contributed by atoms with Crippen LogP contribution in [0.3, 0.4) is 0 Å². The van der Waals surface area contributed by atoms with E-state index in [1.54, 1.807) is 12.1 Å². The Morgan fingerprint density at radius 2 is 1.97 bits per heavy atom. The number of methoxy groups -OCH3 is 1. The lowest BCUT2D eigenvalue weighted by molar-refractivity contribution is -0.123. The molecule has 0 aromatic heterocycles. The summed E-state index contributed by atoms with van der Waals surface area (Å²) in [4.78, 5) is 30.2. The van der Waals surface area contributed by atoms with Crippen molar-refractivity contribution < 1.29 is 18.7 Å². The summed E-state index contributed by atoms with van der Waals surface area (Å²) in [5.74, 6) is 1.64. The van der Waals surface area contributed by atoms with E-state index in [0.29, 0.717) is 30.6 Å². The molecule has 0 aliphatic heterocycles. The molecule has 4 atom stereocenters. The van der Waals surface area contributed by atoms with E-state index >= 15 is 0 Å². The third-order valence-electron chi connectivity index (χ3n) is 8.16. The predicted octanol–water partition coefficient (Wildman–Crippen LogP) is 4.05. The molecule has 3 fully saturated rings. The Kier molecular flexibility index (Phi) is 8.63. The van der Waals surface area contributed by atoms with Gasteiger partial charge in [-0.2, -0.15) is 0 Å². The van der Waals surface area contributed by atoms with Gasteiger partial charge in [-0.05, 0) is 67.1 Å². The average molecular weight is 487 g/mol. The largest absolute Gasteiger partial charge is 0.494 e. The molecule has 7 nitrogen and oxygen atoms in total. The molecule has 2 bridgehead atoms. The molecule has 8 heteroatoms. The zero-order valence-corrected chi connectivity index (χ0v) is 20.7. The van der Waals surface area contributed by atoms with Crippen LogP contribution in [0.4, 0.5) is 4.39 Å². The van der Waals surface area contributed by atoms with E-state index in [0.717, 1.165) is 43.6 Å². The molecule has 192 valence electrons. The third-order valence-corrected chi connectivity index (χ3v) is 8.16. The van der Waals surface area contributed by atoms with Gasteiger partial charge in [0.2, 0.25) is 11.8 Å². The van der Waals surface area contributed by atoms with Gasteiger partial charge in [0.15, 0.2) is 17.5 Å². The first-order chi connectivity index (χ1) is 16.9. The van der Waals surface area contributed by atoms with Gasteiger partial charge < -0.3 is 15.8 Å². The second kappa shape index (κ2) is 11.9. The van der Waals surface area contributed by atoms with Crippen molar-refractivity contribution in [1.82, 2.24) is 10.6 Å². The number of nitrogens with zero attached hydrogens (tertiary/aromatic N) is 1. The number of hydrogen-bond acceptors (Lipinski definition) is 4. The van der Waals surface area contributed by atoms with Crippen molar-refractivity contribution in [1.29, 1.82) is 0 Å². The van der Waals surface area contributed by atoms with E-state index in [1.807, 2.05) is 0 Å². The van der Waals surface area contributed by atoms with Crippen molar-refractivity contribution in [2.75, 3.05) is 7.11 Å². The number of aliphatic imine (C=N–C) groups is 1. The number of guanidine groups is 1. The van der Waals surface area contributed by atoms with Crippen molar-refractivity contribution >= 4 is 17.8 Å². The maximum absolute atomic E-state index is 13.7. The monoisotopic (exact) mass is 486 g/mol. The number of nitrogens with two attached hydrogens (primary N) is 1. The number of ether oxygens (including phenoxy) is 1. The highest BCUT2D eigenvalue weighted by Gasteiger charge is 2.40. The van der Waals surface area contributed by atoms with Crippen LogP contribution >= 0.6 is 0 Å². The lowest BCUT2D eigenvalue weighted by Crippen LogP contribution is -2.42. The zero-order valence-electron chi connectivity index (χ0n) is 20.7. The van der Waals surface area contributed by atoms with E-state index in [-0.39, 0.29) is 30.1 Å². The molecule has 4 N–H and O–H groups in total. The third kappa shape index (κ3) is 6.95. The fourth-order valence-electron chi connectivity index (χ4n) is 6.34. The molecule has 0 radical (unpaired) electrons. The van der Waals surface area contributed by atoms with Gasteiger partial charge in [-0.3, -0.25) is 14.9 Å². The van der Waals surface area contributed by atoms with Crippen LogP contribution in [0.5, 0.6) is 5.75 Å². The van der Waals surface area contributed by atoms with Crippen LogP contribution in [0.2, 0.25) is 0 Å². The molecule has 0 heterocycles. The van der Waals surface area contributed by atoms with Crippen molar-refractivity contribution in [3.8, 4) is 5.75 Å². The molecule has 2 amide bonds. The van der Waals surface area contributed by atoms with E-state index in [9.17, 15) is 14.0 Å². The van der Waals surface area contributed by atoms with Gasteiger partial charge >= 0.3 is 0 Å². The normalized spacial score (nSPS) is 25.3. The summed E-state index contributed by atoms with van der Waals surface area (Å²) in [6.45, 7) is 0.225. The molecule has 1 aromatic carbocycles. The quantitative estimate of drug-likeness (QED) is 0.362. The summed E-state index contributed by atoms with van der Waals surface area (Å²) < 4.78 is 18.7. The molecule has 35 heavy (non-hydrogen) atoms. The van der Waals surface area contributed by atoms with Crippen molar-refractivity contribution in [2.45, 2.75) is 83.2 Å². The Morgan fingerprint density at radius 3 is 2.66 bits per heavy atom. The number of fused-ring (bicyclic) bond motifs is 2. The Labute approximate surface area is 207 Å². The number of nitrogens with one attached hydrogen (secondary N) is 2. The topological polar surface area (TPSA) is 106 Å². The first-order valence-electron chi connectivity index (χ1n) is 13.1. The maximum Gasteiger partial charge on any atom is 0.245 e. The molecule has 4 unspecified atom stereocenters. The summed E-state index contributed by atoms with van der Waals surface area (Å²) in [5, 5.41) is 5.64. The number of benzene rings is 1. The first-order valence-corrected chi connectivity index (χ1v) is 13.1. The highest BCUT2D eigenvalue weighted by atomic mass is 19.1. The minimum atomic E-state index is -0.678. The number of carbonyl (C=O) groups excluding carboxylic acids is 2.